The van der Waals surface area contributed by atoms with Crippen molar-refractivity contribution in [2.75, 3.05) is 26.7 Å². The molecule has 0 radical (unpaired) electrons. The first-order valence-electron chi connectivity index (χ1n) is 12.9. The number of rotatable bonds is 11. The van der Waals surface area contributed by atoms with Gasteiger partial charge in [-0.05, 0) is 88.3 Å². The van der Waals surface area contributed by atoms with E-state index < -0.39 is 35.5 Å². The summed E-state index contributed by atoms with van der Waals surface area (Å²) < 4.78 is 60.0. The summed E-state index contributed by atoms with van der Waals surface area (Å²) in [5, 5.41) is 10.9. The molecule has 9 heteroatoms. The van der Waals surface area contributed by atoms with Crippen molar-refractivity contribution in [2.24, 2.45) is 5.41 Å². The van der Waals surface area contributed by atoms with E-state index in [1.54, 1.807) is 19.4 Å². The normalized spacial score (nSPS) is 15.6. The largest absolute Gasteiger partial charge is 0.497 e. The molecule has 3 aromatic rings. The number of alkyl halides is 1. The Kier molecular flexibility index (Phi) is 8.87. The van der Waals surface area contributed by atoms with Crippen LogP contribution < -0.4 is 4.74 Å². The minimum Gasteiger partial charge on any atom is -0.497 e. The number of ether oxygens (including phenoxy) is 1. The first-order valence-corrected chi connectivity index (χ1v) is 12.9. The minimum absolute atomic E-state index is 0.128. The van der Waals surface area contributed by atoms with Crippen LogP contribution in [0.15, 0.2) is 36.5 Å². The molecule has 0 saturated carbocycles. The van der Waals surface area contributed by atoms with Gasteiger partial charge in [-0.1, -0.05) is 0 Å². The quantitative estimate of drug-likeness (QED) is 0.296. The third kappa shape index (κ3) is 6.09. The number of carboxylic acids is 1. The van der Waals surface area contributed by atoms with E-state index in [0.717, 1.165) is 16.5 Å². The number of carbonyl (C=O) groups is 1. The maximum Gasteiger partial charge on any atom is 0.309 e. The zero-order chi connectivity index (χ0) is 27.3. The summed E-state index contributed by atoms with van der Waals surface area (Å²) in [6.07, 6.45) is 4.65. The van der Waals surface area contributed by atoms with Gasteiger partial charge < -0.3 is 14.7 Å². The number of benzene rings is 2. The standard InChI is InChI=1S/C29H32F4N2O3/c1-38-21-6-7-27-24(16-21)22(19(17-30)18-34-27)4-2-8-29(28(36)37)9-12-35(13-10-29)11-3-5-23-25(32)14-20(31)15-26(23)33/h6-7,14-16,18H,2-5,8-13,17H2,1H3,(H,36,37). The van der Waals surface area contributed by atoms with Crippen molar-refractivity contribution >= 4 is 16.9 Å². The summed E-state index contributed by atoms with van der Waals surface area (Å²) in [5.74, 6) is -2.90. The van der Waals surface area contributed by atoms with Crippen LogP contribution in [0.3, 0.4) is 0 Å². The van der Waals surface area contributed by atoms with Gasteiger partial charge in [0.05, 0.1) is 18.0 Å². The molecule has 0 atom stereocenters. The zero-order valence-corrected chi connectivity index (χ0v) is 21.4. The van der Waals surface area contributed by atoms with Crippen molar-refractivity contribution in [1.82, 2.24) is 9.88 Å². The molecule has 5 nitrogen and oxygen atoms in total. The number of carboxylic acid groups (broad SMARTS) is 1. The number of aromatic nitrogens is 1. The van der Waals surface area contributed by atoms with Crippen LogP contribution in [0.2, 0.25) is 0 Å². The first kappa shape index (κ1) is 27.8. The van der Waals surface area contributed by atoms with Crippen LogP contribution in [-0.4, -0.2) is 47.7 Å². The molecule has 1 aliphatic rings. The van der Waals surface area contributed by atoms with E-state index in [2.05, 4.69) is 9.88 Å². The number of nitrogens with zero attached hydrogens (tertiary/aromatic N) is 2. The highest BCUT2D eigenvalue weighted by Crippen LogP contribution is 2.38. The van der Waals surface area contributed by atoms with Gasteiger partial charge in [0.25, 0.3) is 0 Å². The Morgan fingerprint density at radius 2 is 1.74 bits per heavy atom. The molecular weight excluding hydrogens is 500 g/mol. The van der Waals surface area contributed by atoms with Gasteiger partial charge in [-0.2, -0.15) is 0 Å². The number of pyridine rings is 1. The highest BCUT2D eigenvalue weighted by Gasteiger charge is 2.40. The van der Waals surface area contributed by atoms with Crippen molar-refractivity contribution in [3.05, 3.63) is 70.7 Å². The van der Waals surface area contributed by atoms with Crippen LogP contribution in [0.1, 0.15) is 48.8 Å². The lowest BCUT2D eigenvalue weighted by Crippen LogP contribution is -2.44. The van der Waals surface area contributed by atoms with E-state index in [9.17, 15) is 27.5 Å². The summed E-state index contributed by atoms with van der Waals surface area (Å²) in [7, 11) is 1.57. The van der Waals surface area contributed by atoms with Crippen molar-refractivity contribution in [3.63, 3.8) is 0 Å². The summed E-state index contributed by atoms with van der Waals surface area (Å²) in [4.78, 5) is 18.8. The molecule has 2 aromatic carbocycles. The van der Waals surface area contributed by atoms with Crippen molar-refractivity contribution in [2.45, 2.75) is 51.6 Å². The number of methoxy groups -OCH3 is 1. The molecule has 0 amide bonds. The lowest BCUT2D eigenvalue weighted by Gasteiger charge is -2.39. The first-order chi connectivity index (χ1) is 18.3. The predicted molar refractivity (Wildman–Crippen MR) is 136 cm³/mol. The van der Waals surface area contributed by atoms with E-state index >= 15 is 0 Å². The van der Waals surface area contributed by atoms with Gasteiger partial charge in [-0.25, -0.2) is 17.6 Å². The van der Waals surface area contributed by atoms with Crippen LogP contribution in [0.5, 0.6) is 5.75 Å². The monoisotopic (exact) mass is 532 g/mol. The van der Waals surface area contributed by atoms with Crippen molar-refractivity contribution in [3.8, 4) is 5.75 Å². The molecule has 0 spiro atoms. The Morgan fingerprint density at radius 3 is 2.37 bits per heavy atom. The average molecular weight is 533 g/mol. The lowest BCUT2D eigenvalue weighted by atomic mass is 9.74. The Hall–Kier alpha value is -3.20. The zero-order valence-electron chi connectivity index (χ0n) is 21.4. The van der Waals surface area contributed by atoms with Gasteiger partial charge in [0.1, 0.15) is 29.9 Å². The number of likely N-dealkylation sites (tertiary alicyclic amines) is 1. The third-order valence-corrected chi connectivity index (χ3v) is 7.78. The number of halogens is 4. The van der Waals surface area contributed by atoms with Crippen LogP contribution in [0, 0.1) is 22.9 Å². The number of hydrogen-bond donors (Lipinski definition) is 1. The molecule has 0 bridgehead atoms. The van der Waals surface area contributed by atoms with Gasteiger partial charge >= 0.3 is 5.97 Å². The molecule has 4 rings (SSSR count). The van der Waals surface area contributed by atoms with Gasteiger partial charge in [0.15, 0.2) is 0 Å². The van der Waals surface area contributed by atoms with Gasteiger partial charge in [0, 0.05) is 34.8 Å². The van der Waals surface area contributed by atoms with Crippen molar-refractivity contribution < 1.29 is 32.2 Å². The SMILES string of the molecule is COc1ccc2ncc(CF)c(CCCC3(C(=O)O)CCN(CCCc4c(F)cc(F)cc4F)CC3)c2c1. The Balaban J connectivity index is 1.35. The molecule has 0 aliphatic carbocycles. The number of hydrogen-bond acceptors (Lipinski definition) is 4. The van der Waals surface area contributed by atoms with E-state index in [4.69, 9.17) is 4.74 Å². The number of piperidine rings is 1. The van der Waals surface area contributed by atoms with E-state index in [1.165, 1.54) is 0 Å². The fourth-order valence-corrected chi connectivity index (χ4v) is 5.47. The second kappa shape index (κ2) is 12.1. The molecule has 0 unspecified atom stereocenters. The molecule has 1 aromatic heterocycles. The van der Waals surface area contributed by atoms with Crippen LogP contribution in [-0.2, 0) is 24.3 Å². The fraction of sp³-hybridized carbons (Fsp3) is 0.448. The lowest BCUT2D eigenvalue weighted by molar-refractivity contribution is -0.152. The van der Waals surface area contributed by atoms with Crippen molar-refractivity contribution in [1.29, 1.82) is 0 Å². The highest BCUT2D eigenvalue weighted by molar-refractivity contribution is 5.84. The Labute approximate surface area is 219 Å². The number of fused-ring (bicyclic) bond motifs is 1. The fourth-order valence-electron chi connectivity index (χ4n) is 5.47. The van der Waals surface area contributed by atoms with Gasteiger partial charge in [0.2, 0.25) is 0 Å². The van der Waals surface area contributed by atoms with E-state index in [-0.39, 0.29) is 12.0 Å². The second-order valence-corrected chi connectivity index (χ2v) is 10.0. The molecule has 1 saturated heterocycles. The summed E-state index contributed by atoms with van der Waals surface area (Å²) in [5.41, 5.74) is 1.06. The Bertz CT molecular complexity index is 1260. The predicted octanol–water partition coefficient (Wildman–Crippen LogP) is 6.25. The number of aryl methyl sites for hydroxylation is 1. The molecule has 2 heterocycles. The Morgan fingerprint density at radius 1 is 1.05 bits per heavy atom. The molecular formula is C29H32F4N2O3. The average Bonchev–Trinajstić information content (AvgIpc) is 2.90. The summed E-state index contributed by atoms with van der Waals surface area (Å²) in [6.45, 7) is 1.04. The van der Waals surface area contributed by atoms with Crippen LogP contribution >= 0.6 is 0 Å². The summed E-state index contributed by atoms with van der Waals surface area (Å²) >= 11 is 0. The van der Waals surface area contributed by atoms with Gasteiger partial charge in [-0.3, -0.25) is 9.78 Å². The van der Waals surface area contributed by atoms with E-state index in [1.807, 2.05) is 12.1 Å². The molecule has 204 valence electrons. The maximum atomic E-state index is 13.9. The van der Waals surface area contributed by atoms with Gasteiger partial charge in [-0.15, -0.1) is 0 Å². The van der Waals surface area contributed by atoms with E-state index in [0.29, 0.717) is 81.6 Å². The maximum absolute atomic E-state index is 13.9. The second-order valence-electron chi connectivity index (χ2n) is 10.0. The number of aliphatic carboxylic acids is 1. The molecule has 38 heavy (non-hydrogen) atoms. The minimum atomic E-state index is -0.942. The van der Waals surface area contributed by atoms with Crippen LogP contribution in [0.25, 0.3) is 10.9 Å². The molecule has 1 aliphatic heterocycles. The molecule has 1 fully saturated rings. The highest BCUT2D eigenvalue weighted by atomic mass is 19.1. The summed E-state index contributed by atoms with van der Waals surface area (Å²) in [6, 6.07) is 6.83. The van der Waals surface area contributed by atoms with Crippen LogP contribution in [0.4, 0.5) is 17.6 Å². The third-order valence-electron chi connectivity index (χ3n) is 7.78. The molecule has 1 N–H and O–H groups in total. The smallest absolute Gasteiger partial charge is 0.309 e. The topological polar surface area (TPSA) is 62.7 Å².